The Morgan fingerprint density at radius 1 is 1.36 bits per heavy atom. The van der Waals surface area contributed by atoms with Crippen LogP contribution in [0.4, 0.5) is 0 Å². The molecule has 0 aromatic heterocycles. The SMILES string of the molecule is CS1(=O)([O-])CCOCCO1.[Na+]. The molecule has 0 aromatic carbocycles. The minimum absolute atomic E-state index is 0. The van der Waals surface area contributed by atoms with E-state index in [-0.39, 0.29) is 48.5 Å². The molecule has 0 atom stereocenters. The molecule has 1 aliphatic heterocycles. The van der Waals surface area contributed by atoms with E-state index in [4.69, 9.17) is 4.74 Å². The van der Waals surface area contributed by atoms with E-state index in [2.05, 4.69) is 4.18 Å². The Morgan fingerprint density at radius 2 is 2.00 bits per heavy atom. The predicted octanol–water partition coefficient (Wildman–Crippen LogP) is -3.47. The van der Waals surface area contributed by atoms with Crippen LogP contribution in [0.25, 0.3) is 0 Å². The van der Waals surface area contributed by atoms with Gasteiger partial charge in [-0.2, -0.15) is 0 Å². The van der Waals surface area contributed by atoms with Gasteiger partial charge in [0.2, 0.25) is 0 Å². The van der Waals surface area contributed by atoms with Crippen molar-refractivity contribution < 1.29 is 47.2 Å². The van der Waals surface area contributed by atoms with E-state index in [1.807, 2.05) is 0 Å². The van der Waals surface area contributed by atoms with E-state index in [9.17, 15) is 8.76 Å². The molecule has 0 unspecified atom stereocenters. The monoisotopic (exact) mass is 190 g/mol. The molecule has 0 aromatic rings. The van der Waals surface area contributed by atoms with Gasteiger partial charge in [-0.25, -0.2) is 0 Å². The summed E-state index contributed by atoms with van der Waals surface area (Å²) in [4.78, 5) is 0. The standard InChI is InChI=1S/C5H12O4S.Na/c1-10(6,7)5-4-8-2-3-9-10;/h2-5H2,1H3,(H,6,7);/q;+1/p-1. The van der Waals surface area contributed by atoms with Crippen LogP contribution in [0.5, 0.6) is 0 Å². The normalized spacial score (nSPS) is 32.0. The number of ether oxygens (including phenoxy) is 1. The van der Waals surface area contributed by atoms with Crippen LogP contribution in [0.2, 0.25) is 0 Å². The maximum absolute atomic E-state index is 11.2. The van der Waals surface area contributed by atoms with Crippen molar-refractivity contribution in [2.24, 2.45) is 0 Å². The Bertz CT molecular complexity index is 173. The summed E-state index contributed by atoms with van der Waals surface area (Å²) in [7, 11) is -3.99. The van der Waals surface area contributed by atoms with Gasteiger partial charge in [0.1, 0.15) is 0 Å². The van der Waals surface area contributed by atoms with Crippen LogP contribution in [0.1, 0.15) is 0 Å². The van der Waals surface area contributed by atoms with Gasteiger partial charge in [-0.05, 0) is 0 Å². The molecular formula is C5H11NaO4S. The maximum Gasteiger partial charge on any atom is 1.00 e. The molecule has 6 heteroatoms. The topological polar surface area (TPSA) is 58.6 Å². The van der Waals surface area contributed by atoms with Crippen molar-refractivity contribution in [2.75, 3.05) is 31.8 Å². The molecule has 1 rings (SSSR count). The summed E-state index contributed by atoms with van der Waals surface area (Å²) in [6.07, 6.45) is 1.12. The fourth-order valence-corrected chi connectivity index (χ4v) is 1.80. The number of hydrogen-bond donors (Lipinski definition) is 0. The summed E-state index contributed by atoms with van der Waals surface area (Å²) in [5.41, 5.74) is 0. The molecule has 1 fully saturated rings. The third kappa shape index (κ3) is 4.57. The molecule has 1 heterocycles. The third-order valence-corrected chi connectivity index (χ3v) is 3.13. The van der Waals surface area contributed by atoms with Crippen molar-refractivity contribution in [2.45, 2.75) is 0 Å². The van der Waals surface area contributed by atoms with Crippen molar-refractivity contribution in [1.29, 1.82) is 0 Å². The summed E-state index contributed by atoms with van der Waals surface area (Å²) in [6, 6.07) is 0. The summed E-state index contributed by atoms with van der Waals surface area (Å²) >= 11 is 0. The molecule has 1 saturated heterocycles. The van der Waals surface area contributed by atoms with Crippen molar-refractivity contribution in [3.8, 4) is 0 Å². The first-order chi connectivity index (χ1) is 4.47. The second kappa shape index (κ2) is 3.83. The van der Waals surface area contributed by atoms with Crippen LogP contribution < -0.4 is 29.6 Å². The molecule has 0 radical (unpaired) electrons. The van der Waals surface area contributed by atoms with Crippen LogP contribution in [0, 0.1) is 0 Å². The van der Waals surface area contributed by atoms with Gasteiger partial charge in [0.25, 0.3) is 0 Å². The van der Waals surface area contributed by atoms with Crippen LogP contribution in [-0.4, -0.2) is 40.6 Å². The quantitative estimate of drug-likeness (QED) is 0.372. The van der Waals surface area contributed by atoms with Gasteiger partial charge in [0.05, 0.1) is 19.8 Å². The average molecular weight is 190 g/mol. The number of hydrogen-bond acceptors (Lipinski definition) is 4. The van der Waals surface area contributed by atoms with Gasteiger partial charge in [-0.3, -0.25) is 4.21 Å². The van der Waals surface area contributed by atoms with Crippen LogP contribution in [0.15, 0.2) is 0 Å². The molecular weight excluding hydrogens is 179 g/mol. The average Bonchev–Trinajstić information content (AvgIpc) is 1.89. The molecule has 0 saturated carbocycles. The van der Waals surface area contributed by atoms with E-state index < -0.39 is 9.63 Å². The van der Waals surface area contributed by atoms with Gasteiger partial charge >= 0.3 is 29.6 Å². The Hall–Kier alpha value is 1.03. The molecule has 1 aliphatic rings. The fourth-order valence-electron chi connectivity index (χ4n) is 0.709. The maximum atomic E-state index is 11.2. The van der Waals surface area contributed by atoms with Gasteiger partial charge in [0, 0.05) is 12.0 Å². The van der Waals surface area contributed by atoms with Gasteiger partial charge in [-0.1, -0.05) is 9.63 Å². The predicted molar refractivity (Wildman–Crippen MR) is 36.5 cm³/mol. The molecule has 0 N–H and O–H groups in total. The molecule has 11 heavy (non-hydrogen) atoms. The minimum Gasteiger partial charge on any atom is -0.769 e. The van der Waals surface area contributed by atoms with Crippen LogP contribution >= 0.6 is 0 Å². The smallest absolute Gasteiger partial charge is 0.769 e. The Labute approximate surface area is 88.4 Å². The van der Waals surface area contributed by atoms with E-state index in [0.717, 1.165) is 6.26 Å². The van der Waals surface area contributed by atoms with Crippen molar-refractivity contribution in [3.63, 3.8) is 0 Å². The Morgan fingerprint density at radius 3 is 2.64 bits per heavy atom. The summed E-state index contributed by atoms with van der Waals surface area (Å²) in [6.45, 7) is 0.751. The zero-order valence-electron chi connectivity index (χ0n) is 6.87. The number of sulfone groups is 1. The molecule has 0 aliphatic carbocycles. The molecule has 62 valence electrons. The zero-order valence-corrected chi connectivity index (χ0v) is 9.69. The first-order valence-electron chi connectivity index (χ1n) is 3.06. The summed E-state index contributed by atoms with van der Waals surface area (Å²) in [5, 5.41) is 0. The second-order valence-corrected chi connectivity index (χ2v) is 5.82. The summed E-state index contributed by atoms with van der Waals surface area (Å²) in [5.74, 6) is -0.0306. The van der Waals surface area contributed by atoms with Crippen molar-refractivity contribution >= 4 is 9.63 Å². The minimum atomic E-state index is -3.99. The van der Waals surface area contributed by atoms with Gasteiger partial charge < -0.3 is 13.5 Å². The second-order valence-electron chi connectivity index (χ2n) is 2.48. The van der Waals surface area contributed by atoms with E-state index in [1.165, 1.54) is 0 Å². The largest absolute Gasteiger partial charge is 1.00 e. The molecule has 4 nitrogen and oxygen atoms in total. The summed E-state index contributed by atoms with van der Waals surface area (Å²) < 4.78 is 31.9. The van der Waals surface area contributed by atoms with Crippen molar-refractivity contribution in [1.82, 2.24) is 0 Å². The van der Waals surface area contributed by atoms with E-state index >= 15 is 0 Å². The Balaban J connectivity index is 0.000001000. The van der Waals surface area contributed by atoms with Gasteiger partial charge in [0.15, 0.2) is 0 Å². The third-order valence-electron chi connectivity index (χ3n) is 1.29. The molecule has 0 amide bonds. The molecule has 0 bridgehead atoms. The first-order valence-corrected chi connectivity index (χ1v) is 5.46. The van der Waals surface area contributed by atoms with E-state index in [0.29, 0.717) is 6.61 Å². The van der Waals surface area contributed by atoms with Gasteiger partial charge in [-0.15, -0.1) is 0 Å². The number of rotatable bonds is 0. The Kier molecular flexibility index (Phi) is 4.18. The zero-order chi connectivity index (χ0) is 7.69. The molecule has 0 spiro atoms. The van der Waals surface area contributed by atoms with Crippen molar-refractivity contribution in [3.05, 3.63) is 0 Å². The van der Waals surface area contributed by atoms with Crippen LogP contribution in [-0.2, 0) is 18.5 Å². The first kappa shape index (κ1) is 12.0. The van der Waals surface area contributed by atoms with Crippen LogP contribution in [0.3, 0.4) is 0 Å². The van der Waals surface area contributed by atoms with E-state index in [1.54, 1.807) is 0 Å². The fraction of sp³-hybridized carbons (Fsp3) is 1.00.